The van der Waals surface area contributed by atoms with Gasteiger partial charge in [0.2, 0.25) is 10.0 Å². The molecule has 1 aromatic carbocycles. The smallest absolute Gasteiger partial charge is 0.331 e. The first kappa shape index (κ1) is 16.4. The van der Waals surface area contributed by atoms with E-state index in [0.29, 0.717) is 12.0 Å². The van der Waals surface area contributed by atoms with Crippen LogP contribution in [0.15, 0.2) is 41.3 Å². The summed E-state index contributed by atoms with van der Waals surface area (Å²) in [6.45, 7) is 7.13. The van der Waals surface area contributed by atoms with Crippen LogP contribution in [0.25, 0.3) is 0 Å². The van der Waals surface area contributed by atoms with E-state index < -0.39 is 16.0 Å². The molecule has 0 aliphatic rings. The molecule has 1 aromatic rings. The number of carboxylic acid groups (broad SMARTS) is 1. The number of rotatable bonds is 7. The molecule has 1 rings (SSSR count). The molecular formula is C14H19NO4S. The van der Waals surface area contributed by atoms with Crippen LogP contribution in [0.1, 0.15) is 25.8 Å². The Hall–Kier alpha value is -1.66. The molecule has 2 N–H and O–H groups in total. The van der Waals surface area contributed by atoms with Gasteiger partial charge in [-0.1, -0.05) is 25.6 Å². The van der Waals surface area contributed by atoms with Crippen LogP contribution in [0, 0.1) is 0 Å². The Morgan fingerprint density at radius 2 is 1.90 bits per heavy atom. The third-order valence-corrected chi connectivity index (χ3v) is 4.53. The summed E-state index contributed by atoms with van der Waals surface area (Å²) in [4.78, 5) is 10.8. The van der Waals surface area contributed by atoms with Crippen molar-refractivity contribution in [2.75, 3.05) is 0 Å². The molecule has 0 bridgehead atoms. The highest BCUT2D eigenvalue weighted by atomic mass is 32.2. The highest BCUT2D eigenvalue weighted by molar-refractivity contribution is 7.89. The summed E-state index contributed by atoms with van der Waals surface area (Å²) < 4.78 is 26.6. The van der Waals surface area contributed by atoms with Gasteiger partial charge in [-0.25, -0.2) is 17.9 Å². The van der Waals surface area contributed by atoms with E-state index in [1.807, 2.05) is 6.92 Å². The highest BCUT2D eigenvalue weighted by Crippen LogP contribution is 2.14. The molecule has 0 saturated heterocycles. The van der Waals surface area contributed by atoms with Crippen molar-refractivity contribution in [3.8, 4) is 0 Å². The van der Waals surface area contributed by atoms with Gasteiger partial charge in [-0.05, 0) is 31.0 Å². The van der Waals surface area contributed by atoms with Crippen LogP contribution in [0.3, 0.4) is 0 Å². The summed E-state index contributed by atoms with van der Waals surface area (Å²) in [7, 11) is -3.52. The lowest BCUT2D eigenvalue weighted by Crippen LogP contribution is -2.31. The Morgan fingerprint density at radius 3 is 2.35 bits per heavy atom. The van der Waals surface area contributed by atoms with Crippen molar-refractivity contribution < 1.29 is 18.3 Å². The molecule has 6 heteroatoms. The maximum atomic E-state index is 12.0. The van der Waals surface area contributed by atoms with Gasteiger partial charge in [-0.2, -0.15) is 0 Å². The third-order valence-electron chi connectivity index (χ3n) is 2.92. The molecule has 1 unspecified atom stereocenters. The standard InChI is InChI=1S/C14H19NO4S/c1-4-11(3)15-20(18,19)13-7-5-12(6-8-13)9-10(2)14(16)17/h5-8,11,15H,2,4,9H2,1,3H3,(H,16,17). The number of carbonyl (C=O) groups is 1. The van der Waals surface area contributed by atoms with E-state index >= 15 is 0 Å². The minimum atomic E-state index is -3.52. The van der Waals surface area contributed by atoms with Crippen molar-refractivity contribution in [2.45, 2.75) is 37.6 Å². The van der Waals surface area contributed by atoms with Crippen molar-refractivity contribution in [1.29, 1.82) is 0 Å². The average molecular weight is 297 g/mol. The first-order valence-corrected chi connectivity index (χ1v) is 7.77. The number of hydrogen-bond acceptors (Lipinski definition) is 3. The number of aliphatic carboxylic acids is 1. The van der Waals surface area contributed by atoms with Crippen LogP contribution >= 0.6 is 0 Å². The average Bonchev–Trinajstić information content (AvgIpc) is 2.38. The Kier molecular flexibility index (Phi) is 5.47. The maximum Gasteiger partial charge on any atom is 0.331 e. The maximum absolute atomic E-state index is 12.0. The van der Waals surface area contributed by atoms with Crippen LogP contribution in [-0.2, 0) is 21.2 Å². The second kappa shape index (κ2) is 6.67. The minimum Gasteiger partial charge on any atom is -0.478 e. The predicted octanol–water partition coefficient (Wildman–Crippen LogP) is 1.95. The first-order chi connectivity index (χ1) is 9.26. The molecule has 0 radical (unpaired) electrons. The fourth-order valence-corrected chi connectivity index (χ4v) is 2.85. The van der Waals surface area contributed by atoms with E-state index in [-0.39, 0.29) is 22.9 Å². The molecule has 0 saturated carbocycles. The van der Waals surface area contributed by atoms with Gasteiger partial charge in [0.05, 0.1) is 4.90 Å². The summed E-state index contributed by atoms with van der Waals surface area (Å²) in [5, 5.41) is 8.75. The van der Waals surface area contributed by atoms with Crippen molar-refractivity contribution in [3.63, 3.8) is 0 Å². The van der Waals surface area contributed by atoms with Gasteiger partial charge in [0, 0.05) is 18.0 Å². The van der Waals surface area contributed by atoms with Crippen molar-refractivity contribution >= 4 is 16.0 Å². The van der Waals surface area contributed by atoms with E-state index in [0.717, 1.165) is 0 Å². The summed E-state index contributed by atoms with van der Waals surface area (Å²) in [5.41, 5.74) is 0.776. The topological polar surface area (TPSA) is 83.5 Å². The van der Waals surface area contributed by atoms with Gasteiger partial charge in [-0.3, -0.25) is 0 Å². The van der Waals surface area contributed by atoms with Crippen LogP contribution in [0.4, 0.5) is 0 Å². The second-order valence-corrected chi connectivity index (χ2v) is 6.37. The third kappa shape index (κ3) is 4.47. The van der Waals surface area contributed by atoms with Crippen LogP contribution in [0.5, 0.6) is 0 Å². The molecule has 20 heavy (non-hydrogen) atoms. The predicted molar refractivity (Wildman–Crippen MR) is 77.0 cm³/mol. The monoisotopic (exact) mass is 297 g/mol. The van der Waals surface area contributed by atoms with E-state index in [4.69, 9.17) is 5.11 Å². The van der Waals surface area contributed by atoms with Gasteiger partial charge in [-0.15, -0.1) is 0 Å². The first-order valence-electron chi connectivity index (χ1n) is 6.28. The zero-order valence-electron chi connectivity index (χ0n) is 11.6. The molecule has 0 aliphatic heterocycles. The molecule has 0 heterocycles. The molecule has 0 aliphatic carbocycles. The lowest BCUT2D eigenvalue weighted by molar-refractivity contribution is -0.132. The molecule has 110 valence electrons. The van der Waals surface area contributed by atoms with Crippen LogP contribution in [-0.4, -0.2) is 25.5 Å². The Bertz CT molecular complexity index is 590. The summed E-state index contributed by atoms with van der Waals surface area (Å²) in [6.07, 6.45) is 0.893. The number of hydrogen-bond donors (Lipinski definition) is 2. The molecular weight excluding hydrogens is 278 g/mol. The normalized spacial score (nSPS) is 12.9. The van der Waals surface area contributed by atoms with E-state index in [1.54, 1.807) is 19.1 Å². The largest absolute Gasteiger partial charge is 0.478 e. The Morgan fingerprint density at radius 1 is 1.35 bits per heavy atom. The van der Waals surface area contributed by atoms with Gasteiger partial charge in [0.15, 0.2) is 0 Å². The summed E-state index contributed by atoms with van der Waals surface area (Å²) in [5.74, 6) is -1.06. The van der Waals surface area contributed by atoms with E-state index in [1.165, 1.54) is 12.1 Å². The molecule has 5 nitrogen and oxygen atoms in total. The molecule has 0 amide bonds. The molecule has 0 spiro atoms. The van der Waals surface area contributed by atoms with Gasteiger partial charge < -0.3 is 5.11 Å². The Balaban J connectivity index is 2.86. The molecule has 1 atom stereocenters. The number of nitrogens with one attached hydrogen (secondary N) is 1. The number of carboxylic acids is 1. The fourth-order valence-electron chi connectivity index (χ4n) is 1.52. The van der Waals surface area contributed by atoms with Gasteiger partial charge >= 0.3 is 5.97 Å². The zero-order valence-corrected chi connectivity index (χ0v) is 12.4. The van der Waals surface area contributed by atoms with Crippen molar-refractivity contribution in [3.05, 3.63) is 42.0 Å². The number of benzene rings is 1. The number of sulfonamides is 1. The zero-order chi connectivity index (χ0) is 15.3. The molecule has 0 fully saturated rings. The lowest BCUT2D eigenvalue weighted by atomic mass is 10.1. The highest BCUT2D eigenvalue weighted by Gasteiger charge is 2.16. The van der Waals surface area contributed by atoms with E-state index in [2.05, 4.69) is 11.3 Å². The van der Waals surface area contributed by atoms with E-state index in [9.17, 15) is 13.2 Å². The van der Waals surface area contributed by atoms with Crippen molar-refractivity contribution in [1.82, 2.24) is 4.72 Å². The van der Waals surface area contributed by atoms with Gasteiger partial charge in [0.25, 0.3) is 0 Å². The van der Waals surface area contributed by atoms with Crippen molar-refractivity contribution in [2.24, 2.45) is 0 Å². The molecule has 0 aromatic heterocycles. The SMILES string of the molecule is C=C(Cc1ccc(S(=O)(=O)NC(C)CC)cc1)C(=O)O. The minimum absolute atomic E-state index is 0.0679. The quantitative estimate of drug-likeness (QED) is 0.753. The summed E-state index contributed by atoms with van der Waals surface area (Å²) in [6, 6.07) is 6.00. The Labute approximate surface area is 119 Å². The summed E-state index contributed by atoms with van der Waals surface area (Å²) >= 11 is 0. The second-order valence-electron chi connectivity index (χ2n) is 4.66. The fraction of sp³-hybridized carbons (Fsp3) is 0.357. The van der Waals surface area contributed by atoms with Crippen LogP contribution in [0.2, 0.25) is 0 Å². The van der Waals surface area contributed by atoms with Gasteiger partial charge in [0.1, 0.15) is 0 Å². The van der Waals surface area contributed by atoms with Crippen LogP contribution < -0.4 is 4.72 Å². The lowest BCUT2D eigenvalue weighted by Gasteiger charge is -2.12.